The lowest BCUT2D eigenvalue weighted by molar-refractivity contribution is -0.133. The molecule has 24 heavy (non-hydrogen) atoms. The Kier molecular flexibility index (Phi) is 4.52. The van der Waals surface area contributed by atoms with Crippen LogP contribution in [0.25, 0.3) is 0 Å². The minimum Gasteiger partial charge on any atom is -0.465 e. The molecule has 0 saturated heterocycles. The average Bonchev–Trinajstić information content (AvgIpc) is 3.16. The zero-order chi connectivity index (χ0) is 17.2. The molecule has 9 heteroatoms. The zero-order valence-electron chi connectivity index (χ0n) is 13.1. The van der Waals surface area contributed by atoms with Crippen LogP contribution in [0.5, 0.6) is 0 Å². The minimum atomic E-state index is -3.36. The van der Waals surface area contributed by atoms with E-state index in [1.807, 2.05) is 6.07 Å². The van der Waals surface area contributed by atoms with E-state index in [0.29, 0.717) is 18.0 Å². The molecule has 0 radical (unpaired) electrons. The van der Waals surface area contributed by atoms with Crippen LogP contribution in [0.3, 0.4) is 0 Å². The van der Waals surface area contributed by atoms with Gasteiger partial charge in [0.15, 0.2) is 20.7 Å². The van der Waals surface area contributed by atoms with Crippen molar-refractivity contribution in [2.45, 2.75) is 36.3 Å². The van der Waals surface area contributed by atoms with Crippen LogP contribution in [-0.4, -0.2) is 42.4 Å². The Hall–Kier alpha value is -2.42. The first-order valence-corrected chi connectivity index (χ1v) is 9.42. The first-order valence-electron chi connectivity index (χ1n) is 7.53. The number of carbonyl (C=O) groups is 1. The lowest BCUT2D eigenvalue weighted by atomic mass is 10.0. The molecule has 128 valence electrons. The number of H-pyrrole nitrogens is 1. The van der Waals surface area contributed by atoms with Gasteiger partial charge in [-0.3, -0.25) is 9.89 Å². The number of pyridine rings is 1. The molecule has 2 N–H and O–H groups in total. The molecular weight excluding hydrogens is 332 g/mol. The summed E-state index contributed by atoms with van der Waals surface area (Å²) in [5.41, 5.74) is 1.56. The third-order valence-electron chi connectivity index (χ3n) is 4.06. The largest absolute Gasteiger partial charge is 0.465 e. The molecule has 1 saturated carbocycles. The second-order valence-electron chi connectivity index (χ2n) is 5.85. The highest BCUT2D eigenvalue weighted by Gasteiger charge is 2.28. The predicted molar refractivity (Wildman–Crippen MR) is 86.7 cm³/mol. The summed E-state index contributed by atoms with van der Waals surface area (Å²) in [4.78, 5) is 14.3. The first kappa shape index (κ1) is 16.4. The molecule has 0 aliphatic heterocycles. The lowest BCUT2D eigenvalue weighted by Crippen LogP contribution is -2.06. The minimum absolute atomic E-state index is 0.00732. The molecule has 1 aliphatic rings. The van der Waals surface area contributed by atoms with E-state index in [1.54, 1.807) is 6.07 Å². The number of anilines is 2. The van der Waals surface area contributed by atoms with E-state index in [1.165, 1.54) is 12.3 Å². The number of rotatable bonds is 6. The van der Waals surface area contributed by atoms with E-state index in [0.717, 1.165) is 31.2 Å². The first-order chi connectivity index (χ1) is 11.5. The number of carbonyl (C=O) groups excluding carboxylic acids is 1. The highest BCUT2D eigenvalue weighted by atomic mass is 32.2. The van der Waals surface area contributed by atoms with Gasteiger partial charge in [0.2, 0.25) is 0 Å². The highest BCUT2D eigenvalue weighted by molar-refractivity contribution is 7.90. The predicted octanol–water partition coefficient (Wildman–Crippen LogP) is 1.76. The average molecular weight is 350 g/mol. The van der Waals surface area contributed by atoms with E-state index < -0.39 is 9.84 Å². The maximum atomic E-state index is 11.6. The molecule has 0 aromatic carbocycles. The molecule has 0 bridgehead atoms. The van der Waals surface area contributed by atoms with E-state index in [-0.39, 0.29) is 17.0 Å². The Labute approximate surface area is 139 Å². The highest BCUT2D eigenvalue weighted by Crippen LogP contribution is 2.35. The standard InChI is InChI=1S/C15H18N4O4S/c1-24(21,22)15-7-11(4-5-16-15)17-14-8-13(18-19-14)10-2-3-12(6-10)23-9-20/h4-5,7-10,12H,2-3,6H2,1H3,(H2,16,17,18,19)/t10-,12?/m0/s1. The van der Waals surface area contributed by atoms with Crippen LogP contribution in [-0.2, 0) is 19.4 Å². The van der Waals surface area contributed by atoms with Crippen LogP contribution in [0.4, 0.5) is 11.5 Å². The molecule has 2 aromatic heterocycles. The molecule has 8 nitrogen and oxygen atoms in total. The summed E-state index contributed by atoms with van der Waals surface area (Å²) in [6.45, 7) is 0.496. The number of hydrogen-bond acceptors (Lipinski definition) is 7. The Morgan fingerprint density at radius 3 is 2.96 bits per heavy atom. The second-order valence-corrected chi connectivity index (χ2v) is 7.82. The number of aromatic nitrogens is 3. The molecule has 2 aromatic rings. The molecule has 1 aliphatic carbocycles. The third-order valence-corrected chi connectivity index (χ3v) is 5.04. The number of ether oxygens (including phenoxy) is 1. The van der Waals surface area contributed by atoms with E-state index in [2.05, 4.69) is 20.5 Å². The van der Waals surface area contributed by atoms with Gasteiger partial charge in [-0.2, -0.15) is 5.10 Å². The zero-order valence-corrected chi connectivity index (χ0v) is 13.9. The summed E-state index contributed by atoms with van der Waals surface area (Å²) in [5, 5.41) is 10.3. The van der Waals surface area contributed by atoms with Gasteiger partial charge >= 0.3 is 0 Å². The second kappa shape index (κ2) is 6.60. The summed E-state index contributed by atoms with van der Waals surface area (Å²) < 4.78 is 28.1. The van der Waals surface area contributed by atoms with Gasteiger partial charge in [0.1, 0.15) is 6.10 Å². The molecule has 0 amide bonds. The maximum Gasteiger partial charge on any atom is 0.293 e. The summed E-state index contributed by atoms with van der Waals surface area (Å²) in [6, 6.07) is 5.02. The van der Waals surface area contributed by atoms with Crippen molar-refractivity contribution < 1.29 is 17.9 Å². The van der Waals surface area contributed by atoms with Gasteiger partial charge in [-0.15, -0.1) is 0 Å². The van der Waals surface area contributed by atoms with Crippen LogP contribution < -0.4 is 5.32 Å². The van der Waals surface area contributed by atoms with Gasteiger partial charge in [0, 0.05) is 35.8 Å². The van der Waals surface area contributed by atoms with Gasteiger partial charge in [0.25, 0.3) is 6.47 Å². The van der Waals surface area contributed by atoms with Gasteiger partial charge in [-0.05, 0) is 31.4 Å². The molecule has 2 heterocycles. The molecule has 1 fully saturated rings. The van der Waals surface area contributed by atoms with Crippen molar-refractivity contribution >= 4 is 27.8 Å². The molecule has 3 rings (SSSR count). The summed E-state index contributed by atoms with van der Waals surface area (Å²) in [7, 11) is -3.36. The van der Waals surface area contributed by atoms with Crippen LogP contribution >= 0.6 is 0 Å². The van der Waals surface area contributed by atoms with Crippen molar-refractivity contribution in [3.63, 3.8) is 0 Å². The van der Waals surface area contributed by atoms with Gasteiger partial charge in [-0.25, -0.2) is 13.4 Å². The summed E-state index contributed by atoms with van der Waals surface area (Å²) >= 11 is 0. The Morgan fingerprint density at radius 1 is 1.38 bits per heavy atom. The third kappa shape index (κ3) is 3.73. The SMILES string of the molecule is CS(=O)(=O)c1cc(Nc2cc([C@H]3CCC(OC=O)C3)[nH]n2)ccn1. The number of aromatic amines is 1. The quantitative estimate of drug-likeness (QED) is 0.763. The van der Waals surface area contributed by atoms with Crippen molar-refractivity contribution in [2.24, 2.45) is 0 Å². The Bertz CT molecular complexity index is 834. The lowest BCUT2D eigenvalue weighted by Gasteiger charge is -2.07. The van der Waals surface area contributed by atoms with Crippen LogP contribution in [0, 0.1) is 0 Å². The van der Waals surface area contributed by atoms with Crippen LogP contribution in [0.2, 0.25) is 0 Å². The van der Waals surface area contributed by atoms with E-state index >= 15 is 0 Å². The van der Waals surface area contributed by atoms with E-state index in [4.69, 9.17) is 4.74 Å². The van der Waals surface area contributed by atoms with Crippen molar-refractivity contribution in [1.29, 1.82) is 0 Å². The fourth-order valence-corrected chi connectivity index (χ4v) is 3.47. The topological polar surface area (TPSA) is 114 Å². The van der Waals surface area contributed by atoms with Crippen molar-refractivity contribution in [3.05, 3.63) is 30.1 Å². The maximum absolute atomic E-state index is 11.6. The normalized spacial score (nSPS) is 20.7. The van der Waals surface area contributed by atoms with Gasteiger partial charge in [0.05, 0.1) is 0 Å². The summed E-state index contributed by atoms with van der Waals surface area (Å²) in [6.07, 6.45) is 5.05. The Morgan fingerprint density at radius 2 is 2.21 bits per heavy atom. The van der Waals surface area contributed by atoms with Crippen LogP contribution in [0.15, 0.2) is 29.4 Å². The van der Waals surface area contributed by atoms with Crippen molar-refractivity contribution in [1.82, 2.24) is 15.2 Å². The monoisotopic (exact) mass is 350 g/mol. The molecule has 0 spiro atoms. The van der Waals surface area contributed by atoms with Gasteiger partial charge < -0.3 is 10.1 Å². The van der Waals surface area contributed by atoms with Gasteiger partial charge in [-0.1, -0.05) is 0 Å². The molecule has 1 unspecified atom stereocenters. The number of sulfone groups is 1. The van der Waals surface area contributed by atoms with Crippen molar-refractivity contribution in [2.75, 3.05) is 11.6 Å². The van der Waals surface area contributed by atoms with Crippen LogP contribution in [0.1, 0.15) is 30.9 Å². The smallest absolute Gasteiger partial charge is 0.293 e. The molecular formula is C15H18N4O4S. The number of hydrogen-bond donors (Lipinski definition) is 2. The fraction of sp³-hybridized carbons (Fsp3) is 0.400. The molecule has 2 atom stereocenters. The number of nitrogens with one attached hydrogen (secondary N) is 2. The van der Waals surface area contributed by atoms with Crippen molar-refractivity contribution in [3.8, 4) is 0 Å². The fourth-order valence-electron chi connectivity index (χ4n) is 2.87. The Balaban J connectivity index is 1.70. The number of nitrogens with zero attached hydrogens (tertiary/aromatic N) is 2. The summed E-state index contributed by atoms with van der Waals surface area (Å²) in [5.74, 6) is 0.859. The van der Waals surface area contributed by atoms with E-state index in [9.17, 15) is 13.2 Å².